The van der Waals surface area contributed by atoms with Crippen LogP contribution in [0.15, 0.2) is 42.7 Å². The summed E-state index contributed by atoms with van der Waals surface area (Å²) < 4.78 is 1.75. The topological polar surface area (TPSA) is 62.2 Å². The van der Waals surface area contributed by atoms with Gasteiger partial charge >= 0.3 is 6.03 Å². The molecule has 1 fully saturated rings. The Kier molecular flexibility index (Phi) is 6.87. The molecule has 2 amide bonds. The molecule has 0 spiro atoms. The summed E-state index contributed by atoms with van der Waals surface area (Å²) in [5, 5.41) is 10.1. The van der Waals surface area contributed by atoms with Crippen molar-refractivity contribution in [2.75, 3.05) is 31.5 Å². The van der Waals surface area contributed by atoms with Crippen molar-refractivity contribution in [1.82, 2.24) is 20.0 Å². The van der Waals surface area contributed by atoms with Gasteiger partial charge in [-0.15, -0.1) is 0 Å². The van der Waals surface area contributed by atoms with Crippen LogP contribution in [0.1, 0.15) is 33.1 Å². The number of unbranched alkanes of at least 4 members (excludes halogenated alkanes) is 1. The van der Waals surface area contributed by atoms with E-state index in [-0.39, 0.29) is 6.03 Å². The van der Waals surface area contributed by atoms with Crippen molar-refractivity contribution in [2.24, 2.45) is 11.8 Å². The molecule has 0 aliphatic carbocycles. The normalized spacial score (nSPS) is 20.4. The van der Waals surface area contributed by atoms with Gasteiger partial charge in [0.05, 0.1) is 11.4 Å². The highest BCUT2D eigenvalue weighted by Crippen LogP contribution is 2.21. The van der Waals surface area contributed by atoms with Gasteiger partial charge in [-0.25, -0.2) is 9.48 Å². The minimum Gasteiger partial charge on any atom is -0.338 e. The molecule has 0 radical (unpaired) electrons. The van der Waals surface area contributed by atoms with Crippen molar-refractivity contribution >= 4 is 11.7 Å². The number of para-hydroxylation sites is 2. The number of rotatable bonds is 7. The average Bonchev–Trinajstić information content (AvgIpc) is 3.15. The van der Waals surface area contributed by atoms with Gasteiger partial charge in [0.1, 0.15) is 0 Å². The van der Waals surface area contributed by atoms with Gasteiger partial charge in [-0.1, -0.05) is 26.0 Å². The lowest BCUT2D eigenvalue weighted by Crippen LogP contribution is -2.39. The molecule has 0 bridgehead atoms. The molecule has 27 heavy (non-hydrogen) atoms. The van der Waals surface area contributed by atoms with Crippen LogP contribution in [0.2, 0.25) is 0 Å². The molecule has 2 atom stereocenters. The minimum atomic E-state index is -0.171. The van der Waals surface area contributed by atoms with Crippen LogP contribution in [0.3, 0.4) is 0 Å². The van der Waals surface area contributed by atoms with Crippen LogP contribution in [0.25, 0.3) is 5.69 Å². The number of carbonyl (C=O) groups is 1. The van der Waals surface area contributed by atoms with Gasteiger partial charge in [-0.05, 0) is 55.8 Å². The Labute approximate surface area is 161 Å². The van der Waals surface area contributed by atoms with E-state index in [0.29, 0.717) is 6.54 Å². The monoisotopic (exact) mass is 369 g/mol. The highest BCUT2D eigenvalue weighted by Gasteiger charge is 2.20. The Morgan fingerprint density at radius 3 is 2.67 bits per heavy atom. The van der Waals surface area contributed by atoms with E-state index in [1.54, 1.807) is 10.9 Å². The number of piperidine rings is 1. The van der Waals surface area contributed by atoms with E-state index in [2.05, 4.69) is 34.5 Å². The van der Waals surface area contributed by atoms with Gasteiger partial charge in [0, 0.05) is 32.0 Å². The molecule has 0 unspecified atom stereocenters. The summed E-state index contributed by atoms with van der Waals surface area (Å²) >= 11 is 0. The number of nitrogens with one attached hydrogen (secondary N) is 2. The van der Waals surface area contributed by atoms with Crippen LogP contribution in [0.4, 0.5) is 10.5 Å². The number of hydrogen-bond donors (Lipinski definition) is 2. The molecule has 6 nitrogen and oxygen atoms in total. The Bertz CT molecular complexity index is 705. The Morgan fingerprint density at radius 2 is 1.93 bits per heavy atom. The third kappa shape index (κ3) is 5.82. The first kappa shape index (κ1) is 19.4. The van der Waals surface area contributed by atoms with Gasteiger partial charge in [0.15, 0.2) is 0 Å². The molecule has 1 saturated heterocycles. The fraction of sp³-hybridized carbons (Fsp3) is 0.524. The van der Waals surface area contributed by atoms with E-state index < -0.39 is 0 Å². The van der Waals surface area contributed by atoms with Crippen molar-refractivity contribution in [3.63, 3.8) is 0 Å². The number of urea groups is 1. The van der Waals surface area contributed by atoms with Crippen molar-refractivity contribution < 1.29 is 4.79 Å². The molecule has 1 aliphatic rings. The first-order valence-corrected chi connectivity index (χ1v) is 9.98. The number of hydrogen-bond acceptors (Lipinski definition) is 3. The van der Waals surface area contributed by atoms with Crippen molar-refractivity contribution in [3.8, 4) is 5.69 Å². The molecule has 3 rings (SSSR count). The van der Waals surface area contributed by atoms with Gasteiger partial charge in [-0.2, -0.15) is 5.10 Å². The maximum absolute atomic E-state index is 12.2. The van der Waals surface area contributed by atoms with Crippen molar-refractivity contribution in [2.45, 2.75) is 33.1 Å². The van der Waals surface area contributed by atoms with E-state index in [4.69, 9.17) is 0 Å². The molecule has 1 aromatic heterocycles. The maximum atomic E-state index is 12.2. The molecular formula is C21H31N5O. The lowest BCUT2D eigenvalue weighted by molar-refractivity contribution is 0.139. The molecular weight excluding hydrogens is 338 g/mol. The quantitative estimate of drug-likeness (QED) is 0.731. The maximum Gasteiger partial charge on any atom is 0.319 e. The predicted molar refractivity (Wildman–Crippen MR) is 109 cm³/mol. The molecule has 1 aliphatic heterocycles. The van der Waals surface area contributed by atoms with Crippen LogP contribution in [-0.4, -0.2) is 46.9 Å². The number of nitrogens with zero attached hydrogens (tertiary/aromatic N) is 3. The first-order valence-electron chi connectivity index (χ1n) is 9.98. The first-order chi connectivity index (χ1) is 13.1. The summed E-state index contributed by atoms with van der Waals surface area (Å²) in [7, 11) is 0. The number of likely N-dealkylation sites (tertiary alicyclic amines) is 1. The summed E-state index contributed by atoms with van der Waals surface area (Å²) in [6.07, 6.45) is 7.04. The number of amides is 2. The van der Waals surface area contributed by atoms with Crippen LogP contribution in [0, 0.1) is 11.8 Å². The number of aromatic nitrogens is 2. The van der Waals surface area contributed by atoms with Crippen LogP contribution in [0.5, 0.6) is 0 Å². The van der Waals surface area contributed by atoms with Gasteiger partial charge < -0.3 is 15.5 Å². The van der Waals surface area contributed by atoms with Crippen LogP contribution < -0.4 is 10.6 Å². The zero-order valence-electron chi connectivity index (χ0n) is 16.4. The van der Waals surface area contributed by atoms with Crippen molar-refractivity contribution in [3.05, 3.63) is 42.7 Å². The fourth-order valence-corrected chi connectivity index (χ4v) is 3.99. The van der Waals surface area contributed by atoms with E-state index in [1.807, 2.05) is 36.5 Å². The van der Waals surface area contributed by atoms with Crippen LogP contribution in [-0.2, 0) is 0 Å². The zero-order chi connectivity index (χ0) is 19.1. The highest BCUT2D eigenvalue weighted by molar-refractivity contribution is 5.91. The van der Waals surface area contributed by atoms with Crippen LogP contribution >= 0.6 is 0 Å². The molecule has 6 heteroatoms. The Hall–Kier alpha value is -2.34. The molecule has 0 saturated carbocycles. The third-order valence-electron chi connectivity index (χ3n) is 5.03. The smallest absolute Gasteiger partial charge is 0.319 e. The molecule has 2 N–H and O–H groups in total. The summed E-state index contributed by atoms with van der Waals surface area (Å²) in [5.41, 5.74) is 1.60. The summed E-state index contributed by atoms with van der Waals surface area (Å²) in [6.45, 7) is 8.92. The average molecular weight is 370 g/mol. The summed E-state index contributed by atoms with van der Waals surface area (Å²) in [6, 6.07) is 9.35. The second-order valence-corrected chi connectivity index (χ2v) is 7.76. The third-order valence-corrected chi connectivity index (χ3v) is 5.03. The SMILES string of the molecule is C[C@@H]1C[C@H](C)CN(CCCCNC(=O)Nc2ccccc2-n2cccn2)C1. The molecule has 2 heterocycles. The highest BCUT2D eigenvalue weighted by atomic mass is 16.2. The standard InChI is InChI=1S/C21H31N5O/c1-17-14-18(2)16-25(15-17)12-6-5-10-22-21(27)24-19-8-3-4-9-20(19)26-13-7-11-23-26/h3-4,7-9,11,13,17-18H,5-6,10,12,14-16H2,1-2H3,(H2,22,24,27)/t17-,18+. The predicted octanol–water partition coefficient (Wildman–Crippen LogP) is 3.75. The van der Waals surface area contributed by atoms with Gasteiger partial charge in [-0.3, -0.25) is 0 Å². The number of benzene rings is 1. The molecule has 1 aromatic carbocycles. The summed E-state index contributed by atoms with van der Waals surface area (Å²) in [5.74, 6) is 1.60. The fourth-order valence-electron chi connectivity index (χ4n) is 3.99. The zero-order valence-corrected chi connectivity index (χ0v) is 16.4. The van der Waals surface area contributed by atoms with Crippen molar-refractivity contribution in [1.29, 1.82) is 0 Å². The second-order valence-electron chi connectivity index (χ2n) is 7.76. The second kappa shape index (κ2) is 9.55. The Morgan fingerprint density at radius 1 is 1.15 bits per heavy atom. The lowest BCUT2D eigenvalue weighted by atomic mass is 9.92. The van der Waals surface area contributed by atoms with E-state index in [1.165, 1.54) is 19.5 Å². The number of carbonyl (C=O) groups excluding carboxylic acids is 1. The molecule has 146 valence electrons. The lowest BCUT2D eigenvalue weighted by Gasteiger charge is -2.34. The largest absolute Gasteiger partial charge is 0.338 e. The van der Waals surface area contributed by atoms with Gasteiger partial charge in [0.25, 0.3) is 0 Å². The van der Waals surface area contributed by atoms with E-state index in [0.717, 1.165) is 42.6 Å². The van der Waals surface area contributed by atoms with Gasteiger partial charge in [0.2, 0.25) is 0 Å². The van der Waals surface area contributed by atoms with E-state index in [9.17, 15) is 4.79 Å². The number of anilines is 1. The Balaban J connectivity index is 1.38. The molecule has 2 aromatic rings. The summed E-state index contributed by atoms with van der Waals surface area (Å²) in [4.78, 5) is 14.8. The van der Waals surface area contributed by atoms with E-state index >= 15 is 0 Å². The minimum absolute atomic E-state index is 0.171.